The van der Waals surface area contributed by atoms with Crippen LogP contribution < -0.4 is 5.46 Å². The molecule has 7 aromatic heterocycles. The number of pyridine rings is 2. The lowest BCUT2D eigenvalue weighted by Gasteiger charge is -2.14. The van der Waals surface area contributed by atoms with Gasteiger partial charge < -0.3 is 19.9 Å². The predicted octanol–water partition coefficient (Wildman–Crippen LogP) is 26.2. The Kier molecular flexibility index (Phi) is 24.9. The molecule has 560 valence electrons. The van der Waals surface area contributed by atoms with Crippen LogP contribution in [-0.2, 0) is 4.74 Å². The summed E-state index contributed by atoms with van der Waals surface area (Å²) in [5.41, 5.74) is 19.1. The van der Waals surface area contributed by atoms with E-state index in [1.54, 1.807) is 29.8 Å². The van der Waals surface area contributed by atoms with Gasteiger partial charge in [-0.05, 0) is 185 Å². The number of aromatic nitrogens is 6. The number of aliphatic hydroxyl groups is 1. The van der Waals surface area contributed by atoms with Crippen LogP contribution in [0.2, 0.25) is 0 Å². The topological polar surface area (TPSA) is 147 Å². The Morgan fingerprint density at radius 1 is 0.339 bits per heavy atom. The second kappa shape index (κ2) is 36.6. The first-order valence-electron chi connectivity index (χ1n) is 37.2. The Labute approximate surface area is 697 Å². The summed E-state index contributed by atoms with van der Waals surface area (Å²) >= 11 is 12.6. The van der Waals surface area contributed by atoms with E-state index in [0.29, 0.717) is 17.1 Å². The van der Waals surface area contributed by atoms with E-state index < -0.39 is 13.4 Å². The summed E-state index contributed by atoms with van der Waals surface area (Å²) in [6, 6.07) is 108. The van der Waals surface area contributed by atoms with Gasteiger partial charge in [0.15, 0.2) is 17.9 Å². The predicted molar refractivity (Wildman–Crippen MR) is 491 cm³/mol. The molecule has 0 amide bonds. The number of halogens is 2. The summed E-state index contributed by atoms with van der Waals surface area (Å²) in [6.45, 7) is 4.38. The fourth-order valence-electron chi connectivity index (χ4n) is 13.7. The molecule has 12 aromatic carbocycles. The van der Waals surface area contributed by atoms with Gasteiger partial charge in [0.05, 0.1) is 22.8 Å². The number of ether oxygens (including phenoxy) is 1. The van der Waals surface area contributed by atoms with Crippen molar-refractivity contribution in [3.05, 3.63) is 343 Å². The van der Waals surface area contributed by atoms with E-state index in [4.69, 9.17) is 39.8 Å². The number of fused-ring (bicyclic) bond motifs is 9. The lowest BCUT2D eigenvalue weighted by Crippen LogP contribution is -2.29. The van der Waals surface area contributed by atoms with Gasteiger partial charge in [0.1, 0.15) is 0 Å². The van der Waals surface area contributed by atoms with Gasteiger partial charge in [0.25, 0.3) is 0 Å². The van der Waals surface area contributed by atoms with E-state index in [2.05, 4.69) is 284 Å². The Bertz CT molecular complexity index is 6520. The van der Waals surface area contributed by atoms with E-state index in [9.17, 15) is 0 Å². The summed E-state index contributed by atoms with van der Waals surface area (Å²) in [4.78, 5) is 28.8. The van der Waals surface area contributed by atoms with Gasteiger partial charge >= 0.3 is 7.12 Å². The lowest BCUT2D eigenvalue weighted by molar-refractivity contribution is -0.0589. The molecule has 16 heteroatoms. The van der Waals surface area contributed by atoms with Crippen LogP contribution >= 0.6 is 65.9 Å². The van der Waals surface area contributed by atoms with Crippen LogP contribution in [0, 0.1) is 11.8 Å². The molecule has 19 aromatic rings. The van der Waals surface area contributed by atoms with Gasteiger partial charge in [-0.2, -0.15) is 0 Å². The maximum atomic E-state index is 9.15. The van der Waals surface area contributed by atoms with Crippen molar-refractivity contribution in [1.82, 2.24) is 29.9 Å². The molecule has 1 fully saturated rings. The van der Waals surface area contributed by atoms with Crippen molar-refractivity contribution in [3.8, 4) is 124 Å². The van der Waals surface area contributed by atoms with Crippen molar-refractivity contribution < 1.29 is 19.9 Å². The molecule has 1 atom stereocenters. The third kappa shape index (κ3) is 18.4. The quantitative estimate of drug-likeness (QED) is 0.0845. The van der Waals surface area contributed by atoms with Crippen LogP contribution in [-0.4, -0.2) is 65.1 Å². The zero-order valence-electron chi connectivity index (χ0n) is 61.9. The lowest BCUT2D eigenvalue weighted by atomic mass is 9.80. The van der Waals surface area contributed by atoms with Gasteiger partial charge in [-0.15, -0.1) is 45.9 Å². The highest BCUT2D eigenvalue weighted by Gasteiger charge is 2.19. The zero-order valence-corrected chi connectivity index (χ0v) is 67.6. The summed E-state index contributed by atoms with van der Waals surface area (Å²) < 4.78 is 14.3. The molecule has 8 heterocycles. The van der Waals surface area contributed by atoms with E-state index in [1.165, 1.54) is 66.3 Å². The van der Waals surface area contributed by atoms with Crippen molar-refractivity contribution in [2.75, 3.05) is 6.61 Å². The molecule has 0 saturated carbocycles. The summed E-state index contributed by atoms with van der Waals surface area (Å²) in [7, 11) is -1.40. The minimum absolute atomic E-state index is 0. The maximum absolute atomic E-state index is 9.15. The average Bonchev–Trinajstić information content (AvgIpc) is 1.62. The van der Waals surface area contributed by atoms with Crippen LogP contribution in [0.5, 0.6) is 0 Å². The summed E-state index contributed by atoms with van der Waals surface area (Å²) in [6.07, 6.45) is 8.72. The SMILES string of the molecule is Brc1cc(Br)cc(-c2cc(-c3ccccc3)nc(-c3ccc(-c4cccnc4)cc3)n2)c1.C.CC#CC.OB(O)c1ccc2sc3ccccc3c2c1.OC1CCCO1.c1ccc(-c2cc(-c3cc(-c4ccc5sc6ccccc6c5c4)cc(-c4ccc5sc6ccccc6c5c4)c3)nc(-c3ccc(-c4cccnc4)cc3)n2)cc1. The van der Waals surface area contributed by atoms with Gasteiger partial charge in [-0.1, -0.05) is 239 Å². The van der Waals surface area contributed by atoms with E-state index in [1.807, 2.05) is 122 Å². The minimum atomic E-state index is -1.40. The fraction of sp³-hybridized carbons (Fsp3) is 0.0707. The Hall–Kier alpha value is -11.8. The fourth-order valence-corrected chi connectivity index (χ4v) is 18.3. The summed E-state index contributed by atoms with van der Waals surface area (Å²) in [5.74, 6) is 6.73. The van der Waals surface area contributed by atoms with E-state index >= 15 is 0 Å². The Balaban J connectivity index is 0.000000146. The van der Waals surface area contributed by atoms with Crippen molar-refractivity contribution in [3.63, 3.8) is 0 Å². The highest BCUT2D eigenvalue weighted by atomic mass is 79.9. The van der Waals surface area contributed by atoms with Gasteiger partial charge in [-0.25, -0.2) is 19.9 Å². The average molecular weight is 1680 g/mol. The Morgan fingerprint density at radius 3 is 1.08 bits per heavy atom. The van der Waals surface area contributed by atoms with Crippen molar-refractivity contribution in [2.24, 2.45) is 0 Å². The van der Waals surface area contributed by atoms with Crippen LogP contribution in [0.3, 0.4) is 0 Å². The van der Waals surface area contributed by atoms with Crippen LogP contribution in [0.25, 0.3) is 173 Å². The van der Waals surface area contributed by atoms with Crippen LogP contribution in [0.4, 0.5) is 0 Å². The summed E-state index contributed by atoms with van der Waals surface area (Å²) in [5, 5.41) is 34.2. The zero-order chi connectivity index (χ0) is 77.9. The van der Waals surface area contributed by atoms with E-state index in [0.717, 1.165) is 123 Å². The molecule has 0 aliphatic carbocycles. The maximum Gasteiger partial charge on any atom is 0.488 e. The number of rotatable bonds is 11. The van der Waals surface area contributed by atoms with Crippen LogP contribution in [0.15, 0.2) is 343 Å². The minimum Gasteiger partial charge on any atom is -0.423 e. The molecular weight excluding hydrogens is 1600 g/mol. The number of aliphatic hydroxyl groups excluding tert-OH is 1. The highest BCUT2D eigenvalue weighted by Crippen LogP contribution is 2.43. The molecule has 115 heavy (non-hydrogen) atoms. The third-order valence-electron chi connectivity index (χ3n) is 19.5. The first kappa shape index (κ1) is 78.5. The molecule has 0 radical (unpaired) electrons. The van der Waals surface area contributed by atoms with Gasteiger partial charge in [0.2, 0.25) is 0 Å². The molecule has 10 nitrogen and oxygen atoms in total. The van der Waals surface area contributed by atoms with E-state index in [-0.39, 0.29) is 7.43 Å². The first-order chi connectivity index (χ1) is 55.9. The number of hydrogen-bond acceptors (Lipinski definition) is 13. The molecule has 0 spiro atoms. The third-order valence-corrected chi connectivity index (χ3v) is 23.9. The highest BCUT2D eigenvalue weighted by molar-refractivity contribution is 9.11. The largest absolute Gasteiger partial charge is 0.488 e. The Morgan fingerprint density at radius 2 is 0.696 bits per heavy atom. The smallest absolute Gasteiger partial charge is 0.423 e. The molecule has 0 bridgehead atoms. The molecule has 1 aliphatic rings. The number of benzene rings is 12. The molecule has 20 rings (SSSR count). The van der Waals surface area contributed by atoms with Gasteiger partial charge in [0, 0.05) is 135 Å². The number of hydrogen-bond donors (Lipinski definition) is 3. The monoisotopic (exact) mass is 1680 g/mol. The second-order valence-corrected chi connectivity index (χ2v) is 32.1. The standard InChI is InChI=1S/C51H31N3S2.C27H17Br2N3.C12H9BO2S.C4H8O2.C4H6.CH4/c1-2-9-33(10-3-1)45-30-46(54-51(53-45)34-18-16-32(17-19-34)37-11-8-24-52-31-37)40-26-38(35-20-22-49-43(28-35)41-12-4-6-14-47(41)55-49)25-39(27-40)36-21-23-50-44(29-36)42-13-5-7-15-48(42)56-50;28-23-13-22(14-24(29)15-23)26-16-25(19-5-2-1-3-6-19)31-27(32-26)20-10-8-18(9-11-20)21-7-4-12-30-17-21;14-13(15)8-5-6-12-10(7-8)9-3-1-2-4-11(9)16-12;5-4-2-1-3-6-4;1-3-4-2;/h1-31H;1-17H;1-7,14-15H;4-5H,1-3H2;1-2H3;1H4. The molecule has 3 N–H and O–H groups in total. The number of nitrogens with zero attached hydrogens (tertiary/aromatic N) is 6. The van der Waals surface area contributed by atoms with Crippen molar-refractivity contribution in [2.45, 2.75) is 40.4 Å². The molecule has 1 saturated heterocycles. The van der Waals surface area contributed by atoms with Gasteiger partial charge in [-0.3, -0.25) is 9.97 Å². The van der Waals surface area contributed by atoms with Crippen LogP contribution in [0.1, 0.15) is 34.1 Å². The molecule has 1 unspecified atom stereocenters. The normalized spacial score (nSPS) is 12.1. The first-order valence-corrected chi connectivity index (χ1v) is 41.2. The molecular formula is C99H75BBr2N6O4S3. The van der Waals surface area contributed by atoms with Crippen molar-refractivity contribution in [1.29, 1.82) is 0 Å². The molecule has 1 aliphatic heterocycles. The van der Waals surface area contributed by atoms with Crippen molar-refractivity contribution >= 4 is 139 Å². The second-order valence-electron chi connectivity index (χ2n) is 27.1. The number of thiophene rings is 3.